The minimum Gasteiger partial charge on any atom is -0.371 e. The van der Waals surface area contributed by atoms with E-state index in [0.717, 1.165) is 6.54 Å². The van der Waals surface area contributed by atoms with Crippen molar-refractivity contribution in [1.82, 2.24) is 0 Å². The Morgan fingerprint density at radius 3 is 1.76 bits per heavy atom. The molecule has 2 nitrogen and oxygen atoms in total. The first-order chi connectivity index (χ1) is 10.1. The highest BCUT2D eigenvalue weighted by molar-refractivity contribution is 5.52. The van der Waals surface area contributed by atoms with Crippen molar-refractivity contribution in [3.05, 3.63) is 71.9 Å². The fourth-order valence-electron chi connectivity index (χ4n) is 2.38. The highest BCUT2D eigenvalue weighted by Gasteiger charge is 2.08. The number of anilines is 2. The molecule has 0 saturated carbocycles. The van der Waals surface area contributed by atoms with Gasteiger partial charge in [-0.3, -0.25) is 0 Å². The summed E-state index contributed by atoms with van der Waals surface area (Å²) < 4.78 is 0. The van der Waals surface area contributed by atoms with Crippen LogP contribution in [0.2, 0.25) is 0 Å². The smallest absolute Gasteiger partial charge is 0.0405 e. The molecule has 2 aromatic rings. The Morgan fingerprint density at radius 1 is 0.762 bits per heavy atom. The van der Waals surface area contributed by atoms with Crippen LogP contribution in [-0.2, 0) is 0 Å². The molecule has 2 heteroatoms. The Kier molecular flexibility index (Phi) is 5.04. The summed E-state index contributed by atoms with van der Waals surface area (Å²) in [5.41, 5.74) is 5.13. The Hall–Kier alpha value is -2.22. The first kappa shape index (κ1) is 15.2. The molecule has 0 saturated heterocycles. The maximum atomic E-state index is 2.28. The molecule has 0 radical (unpaired) electrons. The van der Waals surface area contributed by atoms with Crippen LogP contribution < -0.4 is 9.80 Å². The van der Waals surface area contributed by atoms with Gasteiger partial charge in [-0.2, -0.15) is 0 Å². The summed E-state index contributed by atoms with van der Waals surface area (Å²) in [5.74, 6) is 0. The highest BCUT2D eigenvalue weighted by atomic mass is 15.1. The summed E-state index contributed by atoms with van der Waals surface area (Å²) in [6, 6.07) is 21.0. The molecule has 0 atom stereocenters. The molecule has 0 bridgehead atoms. The summed E-state index contributed by atoms with van der Waals surface area (Å²) in [7, 11) is 4.26. The van der Waals surface area contributed by atoms with E-state index in [1.807, 2.05) is 6.07 Å². The number of hydrogen-bond donors (Lipinski definition) is 0. The van der Waals surface area contributed by atoms with Crippen molar-refractivity contribution in [2.24, 2.45) is 0 Å². The van der Waals surface area contributed by atoms with Gasteiger partial charge in [0.15, 0.2) is 0 Å². The molecule has 2 rings (SSSR count). The van der Waals surface area contributed by atoms with E-state index in [4.69, 9.17) is 0 Å². The molecule has 110 valence electrons. The van der Waals surface area contributed by atoms with Gasteiger partial charge >= 0.3 is 0 Å². The zero-order valence-electron chi connectivity index (χ0n) is 13.4. The summed E-state index contributed by atoms with van der Waals surface area (Å²) >= 11 is 0. The van der Waals surface area contributed by atoms with Gasteiger partial charge in [0.25, 0.3) is 0 Å². The predicted molar refractivity (Wildman–Crippen MR) is 92.9 cm³/mol. The van der Waals surface area contributed by atoms with Gasteiger partial charge < -0.3 is 9.80 Å². The lowest BCUT2D eigenvalue weighted by Gasteiger charge is -2.26. The lowest BCUT2D eigenvalue weighted by Crippen LogP contribution is -2.23. The van der Waals surface area contributed by atoms with Crippen LogP contribution in [0.25, 0.3) is 0 Å². The Morgan fingerprint density at radius 2 is 1.24 bits per heavy atom. The van der Waals surface area contributed by atoms with Gasteiger partial charge in [-0.25, -0.2) is 0 Å². The summed E-state index contributed by atoms with van der Waals surface area (Å²) in [4.78, 5) is 4.52. The molecule has 0 N–H and O–H groups in total. The number of hydrogen-bond acceptors (Lipinski definition) is 2. The number of nitrogens with zero attached hydrogens (tertiary/aromatic N) is 2. The van der Waals surface area contributed by atoms with E-state index >= 15 is 0 Å². The molecule has 21 heavy (non-hydrogen) atoms. The molecule has 0 unspecified atom stereocenters. The largest absolute Gasteiger partial charge is 0.371 e. The predicted octanol–water partition coefficient (Wildman–Crippen LogP) is 4.55. The van der Waals surface area contributed by atoms with Crippen molar-refractivity contribution in [3.8, 4) is 0 Å². The SMILES string of the molecule is C/C(CN(C)c1ccccc1)=C(/C)N(C)c1ccccc1. The third-order valence-electron chi connectivity index (χ3n) is 3.94. The normalized spacial score (nSPS) is 11.8. The van der Waals surface area contributed by atoms with E-state index in [1.54, 1.807) is 0 Å². The molecule has 0 aliphatic heterocycles. The molecule has 0 spiro atoms. The van der Waals surface area contributed by atoms with Gasteiger partial charge in [0.05, 0.1) is 0 Å². The maximum Gasteiger partial charge on any atom is 0.0405 e. The molecule has 0 fully saturated rings. The zero-order valence-corrected chi connectivity index (χ0v) is 13.4. The van der Waals surface area contributed by atoms with E-state index in [9.17, 15) is 0 Å². The number of benzene rings is 2. The Balaban J connectivity index is 2.12. The average Bonchev–Trinajstić information content (AvgIpc) is 2.55. The quantitative estimate of drug-likeness (QED) is 0.792. The standard InChI is InChI=1S/C19H24N2/c1-16(15-20(3)18-11-7-5-8-12-18)17(2)21(4)19-13-9-6-10-14-19/h5-14H,15H2,1-4H3/b17-16+. The minimum atomic E-state index is 0.924. The van der Waals surface area contributed by atoms with Crippen molar-refractivity contribution in [2.75, 3.05) is 30.4 Å². The van der Waals surface area contributed by atoms with Crippen molar-refractivity contribution in [2.45, 2.75) is 13.8 Å². The Labute approximate surface area is 128 Å². The van der Waals surface area contributed by atoms with Crippen LogP contribution in [0.1, 0.15) is 13.8 Å². The number of allylic oxidation sites excluding steroid dienone is 1. The van der Waals surface area contributed by atoms with Crippen molar-refractivity contribution in [3.63, 3.8) is 0 Å². The van der Waals surface area contributed by atoms with E-state index < -0.39 is 0 Å². The first-order valence-corrected chi connectivity index (χ1v) is 7.31. The average molecular weight is 280 g/mol. The van der Waals surface area contributed by atoms with Crippen LogP contribution >= 0.6 is 0 Å². The molecular weight excluding hydrogens is 256 g/mol. The van der Waals surface area contributed by atoms with Crippen molar-refractivity contribution in [1.29, 1.82) is 0 Å². The van der Waals surface area contributed by atoms with Crippen LogP contribution in [0.5, 0.6) is 0 Å². The van der Waals surface area contributed by atoms with Gasteiger partial charge in [0.1, 0.15) is 0 Å². The molecule has 0 amide bonds. The van der Waals surface area contributed by atoms with Crippen LogP contribution in [0, 0.1) is 0 Å². The lowest BCUT2D eigenvalue weighted by molar-refractivity contribution is 0.938. The third kappa shape index (κ3) is 3.88. The molecule has 0 heterocycles. The van der Waals surface area contributed by atoms with E-state index in [2.05, 4.69) is 92.3 Å². The number of para-hydroxylation sites is 2. The van der Waals surface area contributed by atoms with Crippen LogP contribution in [0.4, 0.5) is 11.4 Å². The van der Waals surface area contributed by atoms with Gasteiger partial charge in [-0.1, -0.05) is 36.4 Å². The molecule has 0 aromatic heterocycles. The van der Waals surface area contributed by atoms with E-state index in [-0.39, 0.29) is 0 Å². The van der Waals surface area contributed by atoms with Crippen molar-refractivity contribution < 1.29 is 0 Å². The third-order valence-corrected chi connectivity index (χ3v) is 3.94. The zero-order chi connectivity index (χ0) is 15.2. The summed E-state index contributed by atoms with van der Waals surface area (Å²) in [6.45, 7) is 5.31. The second-order valence-corrected chi connectivity index (χ2v) is 5.45. The van der Waals surface area contributed by atoms with Crippen LogP contribution in [0.15, 0.2) is 71.9 Å². The molecule has 0 aliphatic rings. The molecule has 0 aliphatic carbocycles. The van der Waals surface area contributed by atoms with Crippen molar-refractivity contribution >= 4 is 11.4 Å². The van der Waals surface area contributed by atoms with E-state index in [0.29, 0.717) is 0 Å². The van der Waals surface area contributed by atoms with Crippen LogP contribution in [-0.4, -0.2) is 20.6 Å². The number of rotatable bonds is 5. The molecule has 2 aromatic carbocycles. The van der Waals surface area contributed by atoms with Gasteiger partial charge in [-0.05, 0) is 43.7 Å². The topological polar surface area (TPSA) is 6.48 Å². The maximum absolute atomic E-state index is 2.28. The Bertz CT molecular complexity index is 587. The van der Waals surface area contributed by atoms with Gasteiger partial charge in [0.2, 0.25) is 0 Å². The second-order valence-electron chi connectivity index (χ2n) is 5.45. The second kappa shape index (κ2) is 6.98. The monoisotopic (exact) mass is 280 g/mol. The van der Waals surface area contributed by atoms with Gasteiger partial charge in [-0.15, -0.1) is 0 Å². The minimum absolute atomic E-state index is 0.924. The summed E-state index contributed by atoms with van der Waals surface area (Å²) in [6.07, 6.45) is 0. The number of likely N-dealkylation sites (N-methyl/N-ethyl adjacent to an activating group) is 1. The lowest BCUT2D eigenvalue weighted by atomic mass is 10.2. The fourth-order valence-corrected chi connectivity index (χ4v) is 2.38. The molecular formula is C19H24N2. The highest BCUT2D eigenvalue weighted by Crippen LogP contribution is 2.20. The summed E-state index contributed by atoms with van der Waals surface area (Å²) in [5, 5.41) is 0. The van der Waals surface area contributed by atoms with Crippen LogP contribution in [0.3, 0.4) is 0 Å². The van der Waals surface area contributed by atoms with Gasteiger partial charge in [0, 0.05) is 37.7 Å². The first-order valence-electron chi connectivity index (χ1n) is 7.31. The van der Waals surface area contributed by atoms with E-state index in [1.165, 1.54) is 22.6 Å². The fraction of sp³-hybridized carbons (Fsp3) is 0.263.